The molecule has 2 fully saturated rings. The van der Waals surface area contributed by atoms with Crippen molar-refractivity contribution in [3.63, 3.8) is 0 Å². The minimum Gasteiger partial charge on any atom is -0.481 e. The van der Waals surface area contributed by atoms with Gasteiger partial charge in [0.2, 0.25) is 65.0 Å². The second kappa shape index (κ2) is 27.0. The number of hydrogen-bond donors (Lipinski definition) is 13. The number of rotatable bonds is 28. The van der Waals surface area contributed by atoms with Crippen LogP contribution >= 0.6 is 0 Å². The molecule has 0 aromatic carbocycles. The molecule has 0 aromatic heterocycles. The number of carboxylic acid groups (broad SMARTS) is 2. The van der Waals surface area contributed by atoms with Gasteiger partial charge in [0.1, 0.15) is 36.3 Å². The number of likely N-dealkylation sites (tertiary alicyclic amines) is 2. The van der Waals surface area contributed by atoms with Crippen LogP contribution < -0.4 is 54.8 Å². The highest BCUT2D eigenvalue weighted by molar-refractivity contribution is 5.99. The summed E-state index contributed by atoms with van der Waals surface area (Å²) in [7, 11) is 0. The maximum Gasteiger partial charge on any atom is 0.328 e. The molecule has 2 rings (SSSR count). The van der Waals surface area contributed by atoms with Crippen LogP contribution in [-0.4, -0.2) is 176 Å². The lowest BCUT2D eigenvalue weighted by atomic mass is 10.0. The monoisotopic (exact) mass is 968 g/mol. The van der Waals surface area contributed by atoms with E-state index in [9.17, 15) is 77.6 Å². The molecule has 11 amide bonds. The summed E-state index contributed by atoms with van der Waals surface area (Å²) >= 11 is 0. The number of primary amides is 3. The van der Waals surface area contributed by atoms with Crippen LogP contribution in [0.1, 0.15) is 91.4 Å². The minimum absolute atomic E-state index is 0.0253. The SMILES string of the molecule is CC(C)C[C@H](NC(=O)[C@H](CC(N)=O)NC(=O)[C@H](CC(=O)O)NC(=O)CNC(=O)[C@H](CCC(N)=O)NC(=O)[C@@H](N)CCC(N)=O)C(=O)N1CCC[C@H]1C(=O)N1CCC[C@H]1C(=O)N[C@H](C(=O)O)[C@@H](C)O. The standard InChI is InChI=1S/C40H64N12O16/c1-18(2)14-24(38(65)52-13-5-7-26(52)39(66)51-12-4-6-25(51)37(64)50-32(19(3)53)40(67)68)49-35(62)22(15-29(44)56)48-36(63)23(16-31(58)59)46-30(57)17-45-34(61)21(9-11-28(43)55)47-33(60)20(41)8-10-27(42)54/h18-26,32,53H,4-17,41H2,1-3H3,(H2,42,54)(H2,43,55)(H2,44,56)(H,45,61)(H,46,57)(H,47,60)(H,48,63)(H,49,62)(H,50,64)(H,58,59)(H,67,68)/t19-,20+,21+,22+,23+,24+,25+,26+,32+/m1/s1. The van der Waals surface area contributed by atoms with Gasteiger partial charge < -0.3 is 80.0 Å². The molecule has 2 saturated heterocycles. The van der Waals surface area contributed by atoms with Crippen LogP contribution in [0.4, 0.5) is 0 Å². The third-order valence-corrected chi connectivity index (χ3v) is 10.9. The molecule has 68 heavy (non-hydrogen) atoms. The Morgan fingerprint density at radius 3 is 1.68 bits per heavy atom. The normalized spacial score (nSPS) is 18.6. The molecule has 380 valence electrons. The first-order valence-electron chi connectivity index (χ1n) is 21.9. The predicted octanol–water partition coefficient (Wildman–Crippen LogP) is -6.77. The summed E-state index contributed by atoms with van der Waals surface area (Å²) in [6, 6.07) is -11.8. The molecule has 0 aliphatic carbocycles. The van der Waals surface area contributed by atoms with Crippen LogP contribution in [0.25, 0.3) is 0 Å². The molecule has 0 saturated carbocycles. The minimum atomic E-state index is -1.95. The first-order chi connectivity index (χ1) is 31.7. The van der Waals surface area contributed by atoms with Crippen molar-refractivity contribution in [1.82, 2.24) is 41.7 Å². The summed E-state index contributed by atoms with van der Waals surface area (Å²) in [4.78, 5) is 168. The summed E-state index contributed by atoms with van der Waals surface area (Å²) in [6.07, 6.45) is -3.57. The van der Waals surface area contributed by atoms with E-state index in [2.05, 4.69) is 31.9 Å². The third-order valence-electron chi connectivity index (χ3n) is 10.9. The van der Waals surface area contributed by atoms with Crippen molar-refractivity contribution in [1.29, 1.82) is 0 Å². The second-order valence-corrected chi connectivity index (χ2v) is 17.0. The number of carbonyl (C=O) groups excluding carboxylic acids is 11. The van der Waals surface area contributed by atoms with E-state index in [1.165, 1.54) is 16.7 Å². The first kappa shape index (κ1) is 57.2. The van der Waals surface area contributed by atoms with Gasteiger partial charge in [-0.3, -0.25) is 57.5 Å². The van der Waals surface area contributed by atoms with Crippen molar-refractivity contribution < 1.29 is 77.6 Å². The van der Waals surface area contributed by atoms with E-state index >= 15 is 0 Å². The molecule has 0 aromatic rings. The molecule has 2 aliphatic rings. The number of nitrogens with one attached hydrogen (secondary N) is 6. The molecule has 9 atom stereocenters. The summed E-state index contributed by atoms with van der Waals surface area (Å²) < 4.78 is 0. The van der Waals surface area contributed by atoms with Crippen molar-refractivity contribution in [2.45, 2.75) is 146 Å². The van der Waals surface area contributed by atoms with Gasteiger partial charge in [-0.15, -0.1) is 0 Å². The van der Waals surface area contributed by atoms with E-state index < -0.39 is 157 Å². The number of nitrogens with zero attached hydrogens (tertiary/aromatic N) is 2. The smallest absolute Gasteiger partial charge is 0.328 e. The quantitative estimate of drug-likeness (QED) is 0.0347. The Morgan fingerprint density at radius 1 is 0.618 bits per heavy atom. The molecule has 0 bridgehead atoms. The molecule has 2 aliphatic heterocycles. The number of amides is 11. The molecule has 0 unspecified atom stereocenters. The predicted molar refractivity (Wildman–Crippen MR) is 232 cm³/mol. The van der Waals surface area contributed by atoms with Crippen LogP contribution in [-0.2, 0) is 62.3 Å². The number of aliphatic hydroxyl groups is 1. The van der Waals surface area contributed by atoms with Gasteiger partial charge in [0, 0.05) is 25.9 Å². The largest absolute Gasteiger partial charge is 0.481 e. The van der Waals surface area contributed by atoms with Gasteiger partial charge in [0.25, 0.3) is 0 Å². The maximum atomic E-state index is 14.2. The molecule has 2 heterocycles. The van der Waals surface area contributed by atoms with Crippen LogP contribution in [0, 0.1) is 5.92 Å². The van der Waals surface area contributed by atoms with E-state index in [1.54, 1.807) is 13.8 Å². The van der Waals surface area contributed by atoms with Crippen molar-refractivity contribution >= 4 is 76.9 Å². The third kappa shape index (κ3) is 18.4. The Morgan fingerprint density at radius 2 is 1.15 bits per heavy atom. The van der Waals surface area contributed by atoms with Crippen LogP contribution in [0.3, 0.4) is 0 Å². The number of carbonyl (C=O) groups is 13. The number of nitrogens with two attached hydrogens (primary N) is 4. The molecule has 0 radical (unpaired) electrons. The summed E-state index contributed by atoms with van der Waals surface area (Å²) in [5.41, 5.74) is 21.4. The zero-order valence-electron chi connectivity index (χ0n) is 38.0. The molecule has 28 nitrogen and oxygen atoms in total. The number of carboxylic acids is 2. The Balaban J connectivity index is 2.24. The topological polar surface area (TPSA) is 465 Å². The highest BCUT2D eigenvalue weighted by Crippen LogP contribution is 2.26. The number of aliphatic hydroxyl groups excluding tert-OH is 1. The van der Waals surface area contributed by atoms with Crippen LogP contribution in [0.15, 0.2) is 0 Å². The summed E-state index contributed by atoms with van der Waals surface area (Å²) in [6.45, 7) is 3.85. The van der Waals surface area contributed by atoms with E-state index in [0.29, 0.717) is 12.8 Å². The van der Waals surface area contributed by atoms with Gasteiger partial charge in [0.05, 0.1) is 31.5 Å². The average Bonchev–Trinajstić information content (AvgIpc) is 3.94. The van der Waals surface area contributed by atoms with Crippen molar-refractivity contribution in [2.75, 3.05) is 19.6 Å². The first-order valence-corrected chi connectivity index (χ1v) is 21.9. The maximum absolute atomic E-state index is 14.2. The zero-order valence-corrected chi connectivity index (χ0v) is 38.0. The fraction of sp³-hybridized carbons (Fsp3) is 0.675. The van der Waals surface area contributed by atoms with Crippen LogP contribution in [0.2, 0.25) is 0 Å². The molecular formula is C40H64N12O16. The highest BCUT2D eigenvalue weighted by Gasteiger charge is 2.45. The van der Waals surface area contributed by atoms with E-state index in [-0.39, 0.29) is 57.5 Å². The van der Waals surface area contributed by atoms with E-state index in [0.717, 1.165) is 0 Å². The number of hydrogen-bond acceptors (Lipinski definition) is 15. The molecule has 17 N–H and O–H groups in total. The van der Waals surface area contributed by atoms with Crippen LogP contribution in [0.5, 0.6) is 0 Å². The fourth-order valence-corrected chi connectivity index (χ4v) is 7.45. The lowest BCUT2D eigenvalue weighted by Gasteiger charge is -2.34. The van der Waals surface area contributed by atoms with E-state index in [4.69, 9.17) is 22.9 Å². The average molecular weight is 969 g/mol. The Kier molecular flexibility index (Phi) is 22.7. The van der Waals surface area contributed by atoms with Gasteiger partial charge in [-0.25, -0.2) is 4.79 Å². The van der Waals surface area contributed by atoms with Gasteiger partial charge in [-0.2, -0.15) is 0 Å². The van der Waals surface area contributed by atoms with Gasteiger partial charge in [0.15, 0.2) is 6.04 Å². The highest BCUT2D eigenvalue weighted by atomic mass is 16.4. The second-order valence-electron chi connectivity index (χ2n) is 17.0. The van der Waals surface area contributed by atoms with Crippen molar-refractivity contribution in [2.24, 2.45) is 28.9 Å². The summed E-state index contributed by atoms with van der Waals surface area (Å²) in [5, 5.41) is 42.3. The van der Waals surface area contributed by atoms with Gasteiger partial charge >= 0.3 is 11.9 Å². The Labute approximate surface area is 390 Å². The Bertz CT molecular complexity index is 1930. The Hall–Kier alpha value is -6.97. The molecule has 28 heteroatoms. The molecular weight excluding hydrogens is 905 g/mol. The lowest BCUT2D eigenvalue weighted by Crippen LogP contribution is -2.60. The number of aliphatic carboxylic acids is 2. The van der Waals surface area contributed by atoms with Gasteiger partial charge in [-0.05, 0) is 57.8 Å². The van der Waals surface area contributed by atoms with Crippen molar-refractivity contribution in [3.8, 4) is 0 Å². The van der Waals surface area contributed by atoms with E-state index in [1.807, 2.05) is 0 Å². The zero-order chi connectivity index (χ0) is 51.6. The lowest BCUT2D eigenvalue weighted by molar-refractivity contribution is -0.149. The summed E-state index contributed by atoms with van der Waals surface area (Å²) in [5.74, 6) is -13.8. The van der Waals surface area contributed by atoms with Gasteiger partial charge in [-0.1, -0.05) is 13.8 Å². The fourth-order valence-electron chi connectivity index (χ4n) is 7.45. The van der Waals surface area contributed by atoms with Crippen molar-refractivity contribution in [3.05, 3.63) is 0 Å². The molecule has 0 spiro atoms.